The van der Waals surface area contributed by atoms with Gasteiger partial charge in [0.15, 0.2) is 0 Å². The topological polar surface area (TPSA) is 40.5 Å². The van der Waals surface area contributed by atoms with Crippen LogP contribution >= 0.6 is 0 Å². The zero-order chi connectivity index (χ0) is 16.3. The lowest BCUT2D eigenvalue weighted by Gasteiger charge is -2.30. The Morgan fingerprint density at radius 3 is 2.14 bits per heavy atom. The maximum Gasteiger partial charge on any atom is 0.249 e. The van der Waals surface area contributed by atoms with E-state index in [9.17, 15) is 4.79 Å². The second kappa shape index (κ2) is 4.90. The van der Waals surface area contributed by atoms with Crippen LogP contribution in [0.1, 0.15) is 12.1 Å². The van der Waals surface area contributed by atoms with Crippen molar-refractivity contribution in [2.45, 2.75) is 58.0 Å². The van der Waals surface area contributed by atoms with Crippen molar-refractivity contribution in [1.29, 1.82) is 0 Å². The van der Waals surface area contributed by atoms with Crippen LogP contribution in [-0.2, 0) is 21.8 Å². The third kappa shape index (κ3) is 2.36. The normalized spacial score (nSPS) is 20.6. The minimum absolute atomic E-state index is 0.213. The highest BCUT2D eigenvalue weighted by Crippen LogP contribution is 2.38. The van der Waals surface area contributed by atoms with Gasteiger partial charge in [-0.3, -0.25) is 4.79 Å². The molecule has 0 aliphatic carbocycles. The van der Waals surface area contributed by atoms with Gasteiger partial charge in [-0.1, -0.05) is 44.5 Å². The van der Waals surface area contributed by atoms with E-state index in [0.29, 0.717) is 19.8 Å². The monoisotopic (exact) mass is 337 g/mol. The molecule has 1 aromatic rings. The van der Waals surface area contributed by atoms with Crippen molar-refractivity contribution >= 4 is 26.5 Å². The summed E-state index contributed by atoms with van der Waals surface area (Å²) in [5.74, 6) is -0.661. The Balaban J connectivity index is 2.31. The number of aromatic nitrogens is 1. The lowest BCUT2D eigenvalue weighted by molar-refractivity contribution is -0.163. The summed E-state index contributed by atoms with van der Waals surface area (Å²) in [6.45, 7) is 15.7. The van der Waals surface area contributed by atoms with Gasteiger partial charge in [0.25, 0.3) is 0 Å². The molecule has 0 unspecified atom stereocenters. The number of rotatable bonds is 2. The number of nitrogens with zero attached hydrogens (tertiary/aromatic N) is 1. The van der Waals surface area contributed by atoms with Gasteiger partial charge in [0.05, 0.1) is 35.1 Å². The summed E-state index contributed by atoms with van der Waals surface area (Å²) in [5.41, 5.74) is 1.17. The van der Waals surface area contributed by atoms with Crippen molar-refractivity contribution in [3.8, 4) is 0 Å². The zero-order valence-electron chi connectivity index (χ0n) is 14.6. The van der Waals surface area contributed by atoms with E-state index < -0.39 is 21.9 Å². The maximum absolute atomic E-state index is 13.2. The molecule has 0 bridgehead atoms. The predicted octanol–water partition coefficient (Wildman–Crippen LogP) is 1.54. The molecule has 0 radical (unpaired) electrons. The highest BCUT2D eigenvalue weighted by atomic mass is 28.3. The molecule has 0 aromatic carbocycles. The summed E-state index contributed by atoms with van der Waals surface area (Å²) in [7, 11) is -3.33. The first-order valence-electron chi connectivity index (χ1n) is 8.13. The third-order valence-corrected chi connectivity index (χ3v) is 8.91. The van der Waals surface area contributed by atoms with Crippen LogP contribution in [0.4, 0.5) is 0 Å². The maximum atomic E-state index is 13.2. The van der Waals surface area contributed by atoms with E-state index in [1.807, 2.05) is 4.57 Å². The molecule has 122 valence electrons. The molecule has 3 heterocycles. The van der Waals surface area contributed by atoms with Gasteiger partial charge in [-0.2, -0.15) is 0 Å². The van der Waals surface area contributed by atoms with Crippen molar-refractivity contribution in [3.05, 3.63) is 22.1 Å². The van der Waals surface area contributed by atoms with Crippen LogP contribution in [0.25, 0.3) is 0 Å². The van der Waals surface area contributed by atoms with Gasteiger partial charge in [-0.15, -0.1) is 0 Å². The van der Waals surface area contributed by atoms with Gasteiger partial charge >= 0.3 is 0 Å². The van der Waals surface area contributed by atoms with Crippen molar-refractivity contribution in [2.75, 3.05) is 13.2 Å². The number of pyridine rings is 1. The average molecular weight is 338 g/mol. The van der Waals surface area contributed by atoms with Crippen LogP contribution in [0.5, 0.6) is 0 Å². The quantitative estimate of drug-likeness (QED) is 0.769. The van der Waals surface area contributed by atoms with Crippen LogP contribution in [0, 0.1) is 0 Å². The second-order valence-corrected chi connectivity index (χ2v) is 18.5. The van der Waals surface area contributed by atoms with Crippen molar-refractivity contribution in [3.63, 3.8) is 0 Å². The molecule has 22 heavy (non-hydrogen) atoms. The number of hydrogen-bond donors (Lipinski definition) is 0. The van der Waals surface area contributed by atoms with Crippen LogP contribution in [0.3, 0.4) is 0 Å². The largest absolute Gasteiger partial charge is 0.342 e. The van der Waals surface area contributed by atoms with E-state index in [1.54, 1.807) is 0 Å². The van der Waals surface area contributed by atoms with E-state index in [2.05, 4.69) is 45.3 Å². The zero-order valence-corrected chi connectivity index (χ0v) is 16.6. The van der Waals surface area contributed by atoms with Crippen LogP contribution in [0.15, 0.2) is 10.9 Å². The number of fused-ring (bicyclic) bond motifs is 2. The Morgan fingerprint density at radius 2 is 1.64 bits per heavy atom. The van der Waals surface area contributed by atoms with Crippen LogP contribution < -0.4 is 15.9 Å². The first kappa shape index (κ1) is 16.2. The molecule has 6 heteroatoms. The molecule has 4 nitrogen and oxygen atoms in total. The molecule has 0 N–H and O–H groups in total. The van der Waals surface area contributed by atoms with E-state index >= 15 is 0 Å². The highest BCUT2D eigenvalue weighted by Gasteiger charge is 2.47. The molecular formula is C16H27NO3Si2. The van der Waals surface area contributed by atoms with E-state index in [-0.39, 0.29) is 5.56 Å². The minimum Gasteiger partial charge on any atom is -0.342 e. The first-order valence-corrected chi connectivity index (χ1v) is 15.1. The molecule has 1 saturated heterocycles. The molecule has 0 saturated carbocycles. The lowest BCUT2D eigenvalue weighted by Crippen LogP contribution is -2.64. The van der Waals surface area contributed by atoms with Gasteiger partial charge < -0.3 is 14.0 Å². The summed E-state index contributed by atoms with van der Waals surface area (Å²) in [6.07, 6.45) is 0.753. The van der Waals surface area contributed by atoms with Crippen LogP contribution in [-0.4, -0.2) is 33.9 Å². The Morgan fingerprint density at radius 1 is 1.05 bits per heavy atom. The van der Waals surface area contributed by atoms with Gasteiger partial charge in [0.2, 0.25) is 11.3 Å². The second-order valence-electron chi connectivity index (χ2n) is 8.47. The fraction of sp³-hybridized carbons (Fsp3) is 0.688. The summed E-state index contributed by atoms with van der Waals surface area (Å²) in [5, 5.41) is 2.42. The van der Waals surface area contributed by atoms with Gasteiger partial charge in [0.1, 0.15) is 0 Å². The fourth-order valence-electron chi connectivity index (χ4n) is 3.63. The molecule has 0 amide bonds. The van der Waals surface area contributed by atoms with Crippen LogP contribution in [0.2, 0.25) is 39.3 Å². The van der Waals surface area contributed by atoms with Crippen molar-refractivity contribution in [1.82, 2.24) is 4.57 Å². The summed E-state index contributed by atoms with van der Waals surface area (Å²) in [4.78, 5) is 13.2. The smallest absolute Gasteiger partial charge is 0.249 e. The highest BCUT2D eigenvalue weighted by molar-refractivity contribution is 6.98. The summed E-state index contributed by atoms with van der Waals surface area (Å²) in [6, 6.07) is 2.25. The lowest BCUT2D eigenvalue weighted by atomic mass is 10.1. The number of hydrogen-bond acceptors (Lipinski definition) is 3. The minimum atomic E-state index is -1.71. The first-order chi connectivity index (χ1) is 10.1. The van der Waals surface area contributed by atoms with Crippen molar-refractivity contribution in [2.24, 2.45) is 0 Å². The van der Waals surface area contributed by atoms with E-state index in [1.165, 1.54) is 5.19 Å². The molecule has 1 aromatic heterocycles. The Labute approximate surface area is 134 Å². The molecule has 2 aliphatic heterocycles. The van der Waals surface area contributed by atoms with Gasteiger partial charge in [-0.05, 0) is 6.07 Å². The molecule has 1 spiro atoms. The molecule has 2 aliphatic rings. The van der Waals surface area contributed by atoms with Gasteiger partial charge in [-0.25, -0.2) is 0 Å². The van der Waals surface area contributed by atoms with Gasteiger partial charge in [0, 0.05) is 18.2 Å². The van der Waals surface area contributed by atoms with E-state index in [4.69, 9.17) is 9.47 Å². The molecular weight excluding hydrogens is 310 g/mol. The molecule has 1 fully saturated rings. The standard InChI is InChI=1S/C16H27NO3Si2/c1-21(2,3)12-11-13-16(19-9-10-20-16)7-8-17(13)15(18)14(12)22(4,5)6/h11H,7-10H2,1-6H3. The molecule has 3 rings (SSSR count). The average Bonchev–Trinajstić information content (AvgIpc) is 2.96. The third-order valence-electron chi connectivity index (χ3n) is 4.67. The summed E-state index contributed by atoms with van der Waals surface area (Å²) < 4.78 is 13.8. The Kier molecular flexibility index (Phi) is 3.60. The molecule has 0 atom stereocenters. The number of ether oxygens (including phenoxy) is 2. The predicted molar refractivity (Wildman–Crippen MR) is 94.9 cm³/mol. The SMILES string of the molecule is C[Si](C)(C)c1cc2n(c(=O)c1[Si](C)(C)C)CCC21OCCO1. The fourth-order valence-corrected chi connectivity index (χ4v) is 8.97. The summed E-state index contributed by atoms with van der Waals surface area (Å²) >= 11 is 0. The van der Waals surface area contributed by atoms with Crippen molar-refractivity contribution < 1.29 is 9.47 Å². The van der Waals surface area contributed by atoms with E-state index in [0.717, 1.165) is 17.3 Å². The Hall–Kier alpha value is -0.696. The Bertz CT molecular complexity index is 662.